The molecule has 0 radical (unpaired) electrons. The monoisotopic (exact) mass is 265 g/mol. The van der Waals surface area contributed by atoms with Gasteiger partial charge in [-0.1, -0.05) is 6.07 Å². The molecule has 94 valence electrons. The van der Waals surface area contributed by atoms with Crippen LogP contribution in [0.15, 0.2) is 18.3 Å². The predicted molar refractivity (Wildman–Crippen MR) is 67.7 cm³/mol. The van der Waals surface area contributed by atoms with E-state index >= 15 is 0 Å². The summed E-state index contributed by atoms with van der Waals surface area (Å²) in [7, 11) is 1.47. The number of hydrogen-bond donors (Lipinski definition) is 1. The van der Waals surface area contributed by atoms with Crippen LogP contribution in [0, 0.1) is 6.92 Å². The summed E-state index contributed by atoms with van der Waals surface area (Å²) in [5, 5.41) is 3.11. The molecule has 0 aliphatic rings. The molecule has 0 spiro atoms. The van der Waals surface area contributed by atoms with Crippen molar-refractivity contribution >= 4 is 17.5 Å². The van der Waals surface area contributed by atoms with E-state index < -0.39 is 0 Å². The standard InChI is InChI=1S/C11H12ClN5O/c1-7-4-3-5-13-8(7)6-14-10-15-9(12)16-11(17-10)18-2/h3-5H,6H2,1-2H3,(H,14,15,16,17). The summed E-state index contributed by atoms with van der Waals surface area (Å²) in [4.78, 5) is 16.0. The number of rotatable bonds is 4. The van der Waals surface area contributed by atoms with Crippen LogP contribution in [0.5, 0.6) is 6.01 Å². The number of aryl methyl sites for hydroxylation is 1. The highest BCUT2D eigenvalue weighted by Gasteiger charge is 2.05. The van der Waals surface area contributed by atoms with Crippen molar-refractivity contribution in [3.63, 3.8) is 0 Å². The van der Waals surface area contributed by atoms with Gasteiger partial charge in [-0.15, -0.1) is 0 Å². The van der Waals surface area contributed by atoms with E-state index in [2.05, 4.69) is 25.3 Å². The molecule has 1 N–H and O–H groups in total. The van der Waals surface area contributed by atoms with Crippen molar-refractivity contribution in [2.45, 2.75) is 13.5 Å². The molecule has 2 heterocycles. The molecule has 0 aromatic carbocycles. The quantitative estimate of drug-likeness (QED) is 0.910. The van der Waals surface area contributed by atoms with Gasteiger partial charge in [0, 0.05) is 6.20 Å². The molecule has 0 unspecified atom stereocenters. The Kier molecular flexibility index (Phi) is 3.88. The van der Waals surface area contributed by atoms with Gasteiger partial charge in [0.05, 0.1) is 19.3 Å². The van der Waals surface area contributed by atoms with Crippen LogP contribution in [0.3, 0.4) is 0 Å². The molecule has 2 rings (SSSR count). The zero-order chi connectivity index (χ0) is 13.0. The number of aromatic nitrogens is 4. The average molecular weight is 266 g/mol. The maximum absolute atomic E-state index is 5.74. The predicted octanol–water partition coefficient (Wildman–Crippen LogP) is 1.85. The molecule has 2 aromatic rings. The van der Waals surface area contributed by atoms with Gasteiger partial charge in [-0.3, -0.25) is 4.98 Å². The maximum Gasteiger partial charge on any atom is 0.322 e. The fourth-order valence-corrected chi connectivity index (χ4v) is 1.52. The Morgan fingerprint density at radius 3 is 2.89 bits per heavy atom. The second-order valence-corrected chi connectivity index (χ2v) is 3.87. The highest BCUT2D eigenvalue weighted by Crippen LogP contribution is 2.12. The lowest BCUT2D eigenvalue weighted by Crippen LogP contribution is -2.08. The van der Waals surface area contributed by atoms with E-state index in [9.17, 15) is 0 Å². The van der Waals surface area contributed by atoms with Crippen LogP contribution in [-0.4, -0.2) is 27.0 Å². The Balaban J connectivity index is 2.11. The van der Waals surface area contributed by atoms with Gasteiger partial charge in [-0.05, 0) is 30.2 Å². The molecule has 7 heteroatoms. The molecule has 0 fully saturated rings. The van der Waals surface area contributed by atoms with Gasteiger partial charge < -0.3 is 10.1 Å². The highest BCUT2D eigenvalue weighted by atomic mass is 35.5. The minimum atomic E-state index is 0.0853. The zero-order valence-electron chi connectivity index (χ0n) is 10.0. The van der Waals surface area contributed by atoms with Gasteiger partial charge >= 0.3 is 6.01 Å². The molecule has 0 atom stereocenters. The number of methoxy groups -OCH3 is 1. The number of hydrogen-bond acceptors (Lipinski definition) is 6. The summed E-state index contributed by atoms with van der Waals surface area (Å²) in [6.07, 6.45) is 1.74. The number of anilines is 1. The Morgan fingerprint density at radius 1 is 1.33 bits per heavy atom. The Bertz CT molecular complexity index is 549. The molecule has 2 aromatic heterocycles. The summed E-state index contributed by atoms with van der Waals surface area (Å²) in [6, 6.07) is 4.06. The van der Waals surface area contributed by atoms with Gasteiger partial charge in [-0.25, -0.2) is 0 Å². The lowest BCUT2D eigenvalue weighted by atomic mass is 10.2. The fourth-order valence-electron chi connectivity index (χ4n) is 1.37. The first-order valence-electron chi connectivity index (χ1n) is 5.29. The van der Waals surface area contributed by atoms with Crippen LogP contribution < -0.4 is 10.1 Å². The largest absolute Gasteiger partial charge is 0.467 e. The van der Waals surface area contributed by atoms with Crippen molar-refractivity contribution in [3.05, 3.63) is 34.9 Å². The fraction of sp³-hybridized carbons (Fsp3) is 0.273. The highest BCUT2D eigenvalue weighted by molar-refractivity contribution is 6.28. The number of pyridine rings is 1. The number of nitrogens with one attached hydrogen (secondary N) is 1. The smallest absolute Gasteiger partial charge is 0.322 e. The second-order valence-electron chi connectivity index (χ2n) is 3.54. The zero-order valence-corrected chi connectivity index (χ0v) is 10.8. The molecule has 0 aliphatic heterocycles. The molecule has 6 nitrogen and oxygen atoms in total. The van der Waals surface area contributed by atoms with E-state index in [-0.39, 0.29) is 11.3 Å². The number of halogens is 1. The van der Waals surface area contributed by atoms with Crippen molar-refractivity contribution in [3.8, 4) is 6.01 Å². The van der Waals surface area contributed by atoms with E-state index in [0.717, 1.165) is 11.3 Å². The SMILES string of the molecule is COc1nc(Cl)nc(NCc2ncccc2C)n1. The van der Waals surface area contributed by atoms with Crippen LogP contribution in [-0.2, 0) is 6.54 Å². The Morgan fingerprint density at radius 2 is 2.17 bits per heavy atom. The topological polar surface area (TPSA) is 72.8 Å². The molecule has 0 saturated heterocycles. The number of ether oxygens (including phenoxy) is 1. The third-order valence-electron chi connectivity index (χ3n) is 2.30. The molecule has 0 bridgehead atoms. The Hall–Kier alpha value is -1.95. The van der Waals surface area contributed by atoms with Gasteiger partial charge in [0.15, 0.2) is 0 Å². The molecular formula is C11H12ClN5O. The second kappa shape index (κ2) is 5.59. The van der Waals surface area contributed by atoms with Crippen LogP contribution in [0.2, 0.25) is 5.28 Å². The van der Waals surface area contributed by atoms with E-state index in [1.165, 1.54) is 7.11 Å². The molecular weight excluding hydrogens is 254 g/mol. The van der Waals surface area contributed by atoms with Crippen LogP contribution in [0.4, 0.5) is 5.95 Å². The van der Waals surface area contributed by atoms with Crippen molar-refractivity contribution in [1.29, 1.82) is 0 Å². The summed E-state index contributed by atoms with van der Waals surface area (Å²) >= 11 is 5.74. The lowest BCUT2D eigenvalue weighted by molar-refractivity contribution is 0.379. The van der Waals surface area contributed by atoms with Crippen molar-refractivity contribution in [2.24, 2.45) is 0 Å². The van der Waals surface area contributed by atoms with E-state index in [1.54, 1.807) is 6.20 Å². The van der Waals surface area contributed by atoms with Crippen molar-refractivity contribution in [2.75, 3.05) is 12.4 Å². The van der Waals surface area contributed by atoms with E-state index in [4.69, 9.17) is 16.3 Å². The Labute approximate surface area is 109 Å². The van der Waals surface area contributed by atoms with Crippen molar-refractivity contribution in [1.82, 2.24) is 19.9 Å². The van der Waals surface area contributed by atoms with Crippen LogP contribution >= 0.6 is 11.6 Å². The molecule has 0 saturated carbocycles. The molecule has 0 aliphatic carbocycles. The molecule has 18 heavy (non-hydrogen) atoms. The third kappa shape index (κ3) is 3.04. The summed E-state index contributed by atoms with van der Waals surface area (Å²) in [5.74, 6) is 0.358. The lowest BCUT2D eigenvalue weighted by Gasteiger charge is -2.07. The summed E-state index contributed by atoms with van der Waals surface area (Å²) < 4.78 is 4.91. The van der Waals surface area contributed by atoms with Gasteiger partial charge in [0.1, 0.15) is 0 Å². The first-order chi connectivity index (χ1) is 8.69. The van der Waals surface area contributed by atoms with Crippen LogP contribution in [0.25, 0.3) is 0 Å². The first-order valence-corrected chi connectivity index (χ1v) is 5.67. The minimum absolute atomic E-state index is 0.0853. The number of nitrogens with zero attached hydrogens (tertiary/aromatic N) is 4. The molecule has 0 amide bonds. The summed E-state index contributed by atoms with van der Waals surface area (Å²) in [6.45, 7) is 2.50. The maximum atomic E-state index is 5.74. The van der Waals surface area contributed by atoms with E-state index in [1.807, 2.05) is 19.1 Å². The van der Waals surface area contributed by atoms with Gasteiger partial charge in [0.25, 0.3) is 0 Å². The normalized spacial score (nSPS) is 10.2. The van der Waals surface area contributed by atoms with Crippen LogP contribution in [0.1, 0.15) is 11.3 Å². The van der Waals surface area contributed by atoms with Crippen molar-refractivity contribution < 1.29 is 4.74 Å². The average Bonchev–Trinajstić information content (AvgIpc) is 2.37. The first kappa shape index (κ1) is 12.5. The summed E-state index contributed by atoms with van der Waals surface area (Å²) in [5.41, 5.74) is 2.02. The third-order valence-corrected chi connectivity index (χ3v) is 2.47. The minimum Gasteiger partial charge on any atom is -0.467 e. The van der Waals surface area contributed by atoms with E-state index in [0.29, 0.717) is 12.5 Å². The van der Waals surface area contributed by atoms with Gasteiger partial charge in [-0.2, -0.15) is 15.0 Å². The van der Waals surface area contributed by atoms with Gasteiger partial charge in [0.2, 0.25) is 11.2 Å².